The minimum Gasteiger partial charge on any atom is -0.497 e. The highest BCUT2D eigenvalue weighted by atomic mass is 16.5. The molecule has 0 aliphatic rings. The monoisotopic (exact) mass is 383 g/mol. The normalized spacial score (nSPS) is 12.6. The number of aromatic nitrogens is 4. The van der Waals surface area contributed by atoms with Crippen molar-refractivity contribution >= 4 is 11.7 Å². The predicted octanol–water partition coefficient (Wildman–Crippen LogP) is 2.63. The van der Waals surface area contributed by atoms with E-state index < -0.39 is 0 Å². The van der Waals surface area contributed by atoms with Crippen molar-refractivity contribution in [2.75, 3.05) is 13.7 Å². The molecule has 1 aromatic carbocycles. The average molecular weight is 383 g/mol. The van der Waals surface area contributed by atoms with Crippen LogP contribution in [0, 0.1) is 0 Å². The number of nitrogens with one attached hydrogen (secondary N) is 1. The van der Waals surface area contributed by atoms with Crippen LogP contribution in [-0.2, 0) is 5.41 Å². The van der Waals surface area contributed by atoms with Gasteiger partial charge in [-0.3, -0.25) is 4.79 Å². The van der Waals surface area contributed by atoms with E-state index in [-0.39, 0.29) is 17.4 Å². The Bertz CT molecular complexity index is 960. The van der Waals surface area contributed by atoms with Gasteiger partial charge >= 0.3 is 0 Å². The summed E-state index contributed by atoms with van der Waals surface area (Å²) in [7, 11) is 1.61. The lowest BCUT2D eigenvalue weighted by Gasteiger charge is -2.20. The van der Waals surface area contributed by atoms with Gasteiger partial charge in [0.2, 0.25) is 0 Å². The van der Waals surface area contributed by atoms with Crippen LogP contribution < -0.4 is 14.8 Å². The number of fused-ring (bicyclic) bond motifs is 1. The van der Waals surface area contributed by atoms with Crippen LogP contribution >= 0.6 is 0 Å². The summed E-state index contributed by atoms with van der Waals surface area (Å²) in [5.74, 6) is 1.60. The molecule has 28 heavy (non-hydrogen) atoms. The maximum atomic E-state index is 12.7. The maximum Gasteiger partial charge on any atom is 0.270 e. The van der Waals surface area contributed by atoms with E-state index in [4.69, 9.17) is 9.47 Å². The van der Waals surface area contributed by atoms with Crippen LogP contribution in [0.1, 0.15) is 43.9 Å². The second-order valence-electron chi connectivity index (χ2n) is 7.61. The molecule has 0 aliphatic carbocycles. The molecule has 1 atom stereocenters. The Morgan fingerprint density at radius 3 is 2.54 bits per heavy atom. The molecule has 8 heteroatoms. The lowest BCUT2D eigenvalue weighted by atomic mass is 9.91. The Labute approximate surface area is 163 Å². The van der Waals surface area contributed by atoms with Gasteiger partial charge in [0.15, 0.2) is 0 Å². The summed E-state index contributed by atoms with van der Waals surface area (Å²) in [6.07, 6.45) is 1.44. The van der Waals surface area contributed by atoms with E-state index in [1.807, 2.05) is 31.2 Å². The predicted molar refractivity (Wildman–Crippen MR) is 105 cm³/mol. The zero-order valence-electron chi connectivity index (χ0n) is 16.8. The van der Waals surface area contributed by atoms with E-state index in [0.29, 0.717) is 23.8 Å². The molecule has 0 saturated carbocycles. The van der Waals surface area contributed by atoms with Gasteiger partial charge < -0.3 is 14.8 Å². The Kier molecular flexibility index (Phi) is 5.48. The van der Waals surface area contributed by atoms with Gasteiger partial charge in [-0.25, -0.2) is 9.50 Å². The van der Waals surface area contributed by atoms with Crippen molar-refractivity contribution in [2.45, 2.75) is 39.2 Å². The van der Waals surface area contributed by atoms with E-state index in [9.17, 15) is 4.79 Å². The first-order valence-corrected chi connectivity index (χ1v) is 9.07. The molecule has 2 heterocycles. The minimum atomic E-state index is -0.276. The first-order chi connectivity index (χ1) is 13.3. The third-order valence-corrected chi connectivity index (χ3v) is 4.19. The standard InChI is InChI=1S/C20H25N5O3/c1-13(11-28-15-8-6-14(27-5)7-9-15)23-18(26)16-10-17(20(2,3)4)25-19(24-16)21-12-22-25/h6-10,12-13H,11H2,1-5H3,(H,23,26)/t13-/m1/s1. The highest BCUT2D eigenvalue weighted by Gasteiger charge is 2.23. The molecule has 0 unspecified atom stereocenters. The Hall–Kier alpha value is -3.16. The third-order valence-electron chi connectivity index (χ3n) is 4.19. The highest BCUT2D eigenvalue weighted by Crippen LogP contribution is 2.22. The van der Waals surface area contributed by atoms with Crippen molar-refractivity contribution in [1.82, 2.24) is 24.9 Å². The zero-order chi connectivity index (χ0) is 20.3. The number of methoxy groups -OCH3 is 1. The molecule has 0 spiro atoms. The number of nitrogens with zero attached hydrogens (tertiary/aromatic N) is 4. The first kappa shape index (κ1) is 19.6. The molecule has 148 valence electrons. The van der Waals surface area contributed by atoms with Gasteiger partial charge in [0, 0.05) is 5.41 Å². The quantitative estimate of drug-likeness (QED) is 0.704. The summed E-state index contributed by atoms with van der Waals surface area (Å²) in [4.78, 5) is 21.1. The molecule has 8 nitrogen and oxygen atoms in total. The fourth-order valence-electron chi connectivity index (χ4n) is 2.70. The van der Waals surface area contributed by atoms with Crippen molar-refractivity contribution in [3.05, 3.63) is 48.0 Å². The Morgan fingerprint density at radius 1 is 1.21 bits per heavy atom. The summed E-state index contributed by atoms with van der Waals surface area (Å²) in [5.41, 5.74) is 0.955. The van der Waals surface area contributed by atoms with Crippen molar-refractivity contribution in [1.29, 1.82) is 0 Å². The second-order valence-corrected chi connectivity index (χ2v) is 7.61. The topological polar surface area (TPSA) is 90.6 Å². The van der Waals surface area contributed by atoms with Crippen LogP contribution in [0.25, 0.3) is 5.78 Å². The number of ether oxygens (including phenoxy) is 2. The van der Waals surface area contributed by atoms with E-state index in [2.05, 4.69) is 41.2 Å². The van der Waals surface area contributed by atoms with Crippen LogP contribution in [-0.4, -0.2) is 45.2 Å². The summed E-state index contributed by atoms with van der Waals surface area (Å²) in [6, 6.07) is 8.85. The fourth-order valence-corrected chi connectivity index (χ4v) is 2.70. The molecule has 2 aromatic heterocycles. The molecule has 3 aromatic rings. The molecule has 0 saturated heterocycles. The van der Waals surface area contributed by atoms with E-state index in [1.54, 1.807) is 17.7 Å². The smallest absolute Gasteiger partial charge is 0.270 e. The van der Waals surface area contributed by atoms with Gasteiger partial charge in [-0.1, -0.05) is 20.8 Å². The molecular weight excluding hydrogens is 358 g/mol. The Balaban J connectivity index is 1.68. The molecule has 0 bridgehead atoms. The minimum absolute atomic E-state index is 0.205. The van der Waals surface area contributed by atoms with Crippen LogP contribution in [0.15, 0.2) is 36.7 Å². The molecule has 0 aliphatic heterocycles. The van der Waals surface area contributed by atoms with Crippen molar-refractivity contribution < 1.29 is 14.3 Å². The van der Waals surface area contributed by atoms with Gasteiger partial charge in [0.1, 0.15) is 30.1 Å². The zero-order valence-corrected chi connectivity index (χ0v) is 16.8. The SMILES string of the molecule is COc1ccc(OC[C@@H](C)NC(=O)c2cc(C(C)(C)C)n3ncnc3n2)cc1. The average Bonchev–Trinajstić information content (AvgIpc) is 3.13. The van der Waals surface area contributed by atoms with Gasteiger partial charge in [-0.15, -0.1) is 0 Å². The number of hydrogen-bond donors (Lipinski definition) is 1. The van der Waals surface area contributed by atoms with Crippen molar-refractivity contribution in [3.8, 4) is 11.5 Å². The number of benzene rings is 1. The van der Waals surface area contributed by atoms with E-state index in [1.165, 1.54) is 6.33 Å². The van der Waals surface area contributed by atoms with Crippen LogP contribution in [0.3, 0.4) is 0 Å². The molecular formula is C20H25N5O3. The number of hydrogen-bond acceptors (Lipinski definition) is 6. The number of amides is 1. The molecule has 1 amide bonds. The Morgan fingerprint density at radius 2 is 1.89 bits per heavy atom. The highest BCUT2D eigenvalue weighted by molar-refractivity contribution is 5.93. The largest absolute Gasteiger partial charge is 0.497 e. The lowest BCUT2D eigenvalue weighted by molar-refractivity contribution is 0.0921. The first-order valence-electron chi connectivity index (χ1n) is 9.07. The van der Waals surface area contributed by atoms with Crippen molar-refractivity contribution in [2.24, 2.45) is 0 Å². The fraction of sp³-hybridized carbons (Fsp3) is 0.400. The van der Waals surface area contributed by atoms with Gasteiger partial charge in [0.05, 0.1) is 18.8 Å². The molecule has 1 N–H and O–H groups in total. The number of carbonyl (C=O) groups is 1. The van der Waals surface area contributed by atoms with Crippen LogP contribution in [0.2, 0.25) is 0 Å². The van der Waals surface area contributed by atoms with Crippen molar-refractivity contribution in [3.63, 3.8) is 0 Å². The molecule has 3 rings (SSSR count). The molecule has 0 fully saturated rings. The van der Waals surface area contributed by atoms with Crippen LogP contribution in [0.5, 0.6) is 11.5 Å². The maximum absolute atomic E-state index is 12.7. The number of carbonyl (C=O) groups excluding carboxylic acids is 1. The van der Waals surface area contributed by atoms with E-state index >= 15 is 0 Å². The summed E-state index contributed by atoms with van der Waals surface area (Å²) < 4.78 is 12.5. The summed E-state index contributed by atoms with van der Waals surface area (Å²) >= 11 is 0. The van der Waals surface area contributed by atoms with Gasteiger partial charge in [-0.2, -0.15) is 10.1 Å². The van der Waals surface area contributed by atoms with Gasteiger partial charge in [0.25, 0.3) is 11.7 Å². The van der Waals surface area contributed by atoms with Gasteiger partial charge in [-0.05, 0) is 37.3 Å². The second kappa shape index (κ2) is 7.84. The lowest BCUT2D eigenvalue weighted by Crippen LogP contribution is -2.37. The van der Waals surface area contributed by atoms with Crippen LogP contribution in [0.4, 0.5) is 0 Å². The molecule has 0 radical (unpaired) electrons. The summed E-state index contributed by atoms with van der Waals surface area (Å²) in [6.45, 7) is 8.36. The van der Waals surface area contributed by atoms with E-state index in [0.717, 1.165) is 11.4 Å². The summed E-state index contributed by atoms with van der Waals surface area (Å²) in [5, 5.41) is 7.12. The number of rotatable bonds is 6. The third kappa shape index (κ3) is 4.39.